The van der Waals surface area contributed by atoms with Crippen molar-refractivity contribution in [2.24, 2.45) is 0 Å². The molecule has 15 heavy (non-hydrogen) atoms. The summed E-state index contributed by atoms with van der Waals surface area (Å²) in [5, 5.41) is 9.05. The number of pyridine rings is 1. The third kappa shape index (κ3) is 2.34. The Morgan fingerprint density at radius 2 is 1.87 bits per heavy atom. The third-order valence-electron chi connectivity index (χ3n) is 1.71. The molecule has 0 aliphatic carbocycles. The summed E-state index contributed by atoms with van der Waals surface area (Å²) in [5.74, 6) is -0.905. The monoisotopic (exact) mass is 227 g/mol. The maximum absolute atomic E-state index is 12.2. The quantitative estimate of drug-likeness (QED) is 0.748. The first-order chi connectivity index (χ1) is 6.73. The SMILES string of the molecule is Cc1cc(C(F)(F)F)nc(C(F)F)c1O. The second kappa shape index (κ2) is 3.63. The van der Waals surface area contributed by atoms with Gasteiger partial charge in [0.15, 0.2) is 0 Å². The van der Waals surface area contributed by atoms with Gasteiger partial charge in [0.2, 0.25) is 0 Å². The summed E-state index contributed by atoms with van der Waals surface area (Å²) in [6, 6.07) is 0.515. The zero-order valence-corrected chi connectivity index (χ0v) is 7.44. The molecule has 1 heterocycles. The van der Waals surface area contributed by atoms with Crippen LogP contribution in [-0.2, 0) is 6.18 Å². The van der Waals surface area contributed by atoms with Gasteiger partial charge in [-0.15, -0.1) is 0 Å². The second-order valence-electron chi connectivity index (χ2n) is 2.86. The molecule has 1 N–H and O–H groups in total. The highest BCUT2D eigenvalue weighted by atomic mass is 19.4. The smallest absolute Gasteiger partial charge is 0.433 e. The Labute approximate surface area is 81.4 Å². The lowest BCUT2D eigenvalue weighted by molar-refractivity contribution is -0.141. The molecule has 0 aromatic carbocycles. The van der Waals surface area contributed by atoms with E-state index in [0.29, 0.717) is 6.07 Å². The van der Waals surface area contributed by atoms with E-state index in [1.165, 1.54) is 0 Å². The predicted octanol–water partition coefficient (Wildman–Crippen LogP) is 3.05. The number of aryl methyl sites for hydroxylation is 1. The Hall–Kier alpha value is -1.40. The highest BCUT2D eigenvalue weighted by Gasteiger charge is 2.34. The first-order valence-corrected chi connectivity index (χ1v) is 3.79. The molecular formula is C8H6F5NO. The van der Waals surface area contributed by atoms with Gasteiger partial charge in [0.1, 0.15) is 17.1 Å². The normalized spacial score (nSPS) is 12.2. The minimum Gasteiger partial charge on any atom is -0.506 e. The number of aromatic hydroxyl groups is 1. The molecule has 0 radical (unpaired) electrons. The second-order valence-corrected chi connectivity index (χ2v) is 2.86. The van der Waals surface area contributed by atoms with E-state index in [4.69, 9.17) is 5.11 Å². The van der Waals surface area contributed by atoms with Crippen LogP contribution in [0.5, 0.6) is 5.75 Å². The summed E-state index contributed by atoms with van der Waals surface area (Å²) >= 11 is 0. The van der Waals surface area contributed by atoms with E-state index in [1.54, 1.807) is 0 Å². The molecule has 0 bridgehead atoms. The van der Waals surface area contributed by atoms with Gasteiger partial charge < -0.3 is 5.11 Å². The predicted molar refractivity (Wildman–Crippen MR) is 40.6 cm³/mol. The summed E-state index contributed by atoms with van der Waals surface area (Å²) < 4.78 is 60.8. The average molecular weight is 227 g/mol. The van der Waals surface area contributed by atoms with E-state index < -0.39 is 29.7 Å². The van der Waals surface area contributed by atoms with Crippen LogP contribution in [0.2, 0.25) is 0 Å². The molecule has 84 valence electrons. The summed E-state index contributed by atoms with van der Waals surface area (Å²) in [7, 11) is 0. The van der Waals surface area contributed by atoms with Crippen LogP contribution in [0.4, 0.5) is 22.0 Å². The Bertz CT molecular complexity index is 374. The molecule has 2 nitrogen and oxygen atoms in total. The highest BCUT2D eigenvalue weighted by molar-refractivity contribution is 5.38. The van der Waals surface area contributed by atoms with Crippen molar-refractivity contribution in [2.45, 2.75) is 19.5 Å². The van der Waals surface area contributed by atoms with Crippen LogP contribution < -0.4 is 0 Å². The van der Waals surface area contributed by atoms with Crippen molar-refractivity contribution in [3.05, 3.63) is 23.0 Å². The zero-order chi connectivity index (χ0) is 11.8. The van der Waals surface area contributed by atoms with E-state index in [9.17, 15) is 22.0 Å². The molecule has 1 rings (SSSR count). The average Bonchev–Trinajstić information content (AvgIpc) is 2.06. The van der Waals surface area contributed by atoms with Gasteiger partial charge in [0, 0.05) is 0 Å². The molecule has 0 saturated carbocycles. The summed E-state index contributed by atoms with van der Waals surface area (Å²) in [5.41, 5.74) is -2.97. The van der Waals surface area contributed by atoms with E-state index in [0.717, 1.165) is 6.92 Å². The van der Waals surface area contributed by atoms with Crippen molar-refractivity contribution in [2.75, 3.05) is 0 Å². The molecule has 1 aromatic heterocycles. The van der Waals surface area contributed by atoms with Gasteiger partial charge in [-0.25, -0.2) is 13.8 Å². The van der Waals surface area contributed by atoms with Crippen molar-refractivity contribution in [3.8, 4) is 5.75 Å². The van der Waals surface area contributed by atoms with Crippen molar-refractivity contribution < 1.29 is 27.1 Å². The van der Waals surface area contributed by atoms with Crippen molar-refractivity contribution in [3.63, 3.8) is 0 Å². The van der Waals surface area contributed by atoms with Crippen molar-refractivity contribution in [1.82, 2.24) is 4.98 Å². The van der Waals surface area contributed by atoms with E-state index in [2.05, 4.69) is 4.98 Å². The maximum atomic E-state index is 12.2. The minimum atomic E-state index is -4.80. The van der Waals surface area contributed by atoms with Crippen LogP contribution >= 0.6 is 0 Å². The zero-order valence-electron chi connectivity index (χ0n) is 7.44. The molecule has 0 atom stereocenters. The fourth-order valence-electron chi connectivity index (χ4n) is 0.988. The number of alkyl halides is 5. The Balaban J connectivity index is 3.36. The molecule has 0 aliphatic heterocycles. The highest BCUT2D eigenvalue weighted by Crippen LogP contribution is 2.35. The van der Waals surface area contributed by atoms with Crippen LogP contribution in [0.1, 0.15) is 23.4 Å². The standard InChI is InChI=1S/C8H6F5NO/c1-3-2-4(8(11,12)13)14-5(6(3)15)7(9)10/h2,7,15H,1H3. The molecular weight excluding hydrogens is 221 g/mol. The number of halogens is 5. The molecule has 0 spiro atoms. The first-order valence-electron chi connectivity index (χ1n) is 3.79. The summed E-state index contributed by atoms with van der Waals surface area (Å²) in [6.07, 6.45) is -8.05. The third-order valence-corrected chi connectivity index (χ3v) is 1.71. The van der Waals surface area contributed by atoms with Crippen LogP contribution in [0.3, 0.4) is 0 Å². The van der Waals surface area contributed by atoms with Gasteiger partial charge in [-0.3, -0.25) is 0 Å². The lowest BCUT2D eigenvalue weighted by Gasteiger charge is -2.11. The van der Waals surface area contributed by atoms with Crippen LogP contribution in [-0.4, -0.2) is 10.1 Å². The Kier molecular flexibility index (Phi) is 2.83. The molecule has 0 unspecified atom stereocenters. The van der Waals surface area contributed by atoms with Gasteiger partial charge in [-0.2, -0.15) is 13.2 Å². The summed E-state index contributed by atoms with van der Waals surface area (Å²) in [4.78, 5) is 2.68. The van der Waals surface area contributed by atoms with E-state index in [-0.39, 0.29) is 5.56 Å². The number of hydrogen-bond donors (Lipinski definition) is 1. The van der Waals surface area contributed by atoms with Crippen LogP contribution in [0.15, 0.2) is 6.07 Å². The fraction of sp³-hybridized carbons (Fsp3) is 0.375. The number of nitrogens with zero attached hydrogens (tertiary/aromatic N) is 1. The Morgan fingerprint density at radius 3 is 2.27 bits per heavy atom. The summed E-state index contributed by atoms with van der Waals surface area (Å²) in [6.45, 7) is 1.10. The largest absolute Gasteiger partial charge is 0.506 e. The van der Waals surface area contributed by atoms with E-state index >= 15 is 0 Å². The molecule has 7 heteroatoms. The van der Waals surface area contributed by atoms with Gasteiger partial charge in [-0.1, -0.05) is 0 Å². The number of rotatable bonds is 1. The van der Waals surface area contributed by atoms with E-state index in [1.807, 2.05) is 0 Å². The fourth-order valence-corrected chi connectivity index (χ4v) is 0.988. The molecule has 0 aliphatic rings. The van der Waals surface area contributed by atoms with Gasteiger partial charge in [0.05, 0.1) is 0 Å². The maximum Gasteiger partial charge on any atom is 0.433 e. The molecule has 0 saturated heterocycles. The van der Waals surface area contributed by atoms with Crippen molar-refractivity contribution >= 4 is 0 Å². The lowest BCUT2D eigenvalue weighted by Crippen LogP contribution is -2.10. The van der Waals surface area contributed by atoms with Crippen molar-refractivity contribution in [1.29, 1.82) is 0 Å². The van der Waals surface area contributed by atoms with Gasteiger partial charge in [-0.05, 0) is 18.6 Å². The molecule has 0 fully saturated rings. The number of aromatic nitrogens is 1. The van der Waals surface area contributed by atoms with Crippen LogP contribution in [0.25, 0.3) is 0 Å². The molecule has 1 aromatic rings. The lowest BCUT2D eigenvalue weighted by atomic mass is 10.2. The van der Waals surface area contributed by atoms with Gasteiger partial charge in [0.25, 0.3) is 6.43 Å². The van der Waals surface area contributed by atoms with Gasteiger partial charge >= 0.3 is 6.18 Å². The minimum absolute atomic E-state index is 0.285. The Morgan fingerprint density at radius 1 is 1.33 bits per heavy atom. The number of hydrogen-bond acceptors (Lipinski definition) is 2. The van der Waals surface area contributed by atoms with Crippen LogP contribution in [0, 0.1) is 6.92 Å². The molecule has 0 amide bonds. The topological polar surface area (TPSA) is 33.1 Å². The first kappa shape index (κ1) is 11.7.